The van der Waals surface area contributed by atoms with Gasteiger partial charge in [-0.05, 0) is 42.2 Å². The van der Waals surface area contributed by atoms with Gasteiger partial charge in [-0.25, -0.2) is 4.39 Å². The normalized spacial score (nSPS) is 18.9. The van der Waals surface area contributed by atoms with E-state index in [-0.39, 0.29) is 22.9 Å². The number of para-hydroxylation sites is 1. The largest absolute Gasteiger partial charge is 0.496 e. The summed E-state index contributed by atoms with van der Waals surface area (Å²) in [5, 5.41) is 3.10. The third-order valence-corrected chi connectivity index (χ3v) is 5.29. The molecule has 1 amide bonds. The highest BCUT2D eigenvalue weighted by Gasteiger charge is 2.35. The summed E-state index contributed by atoms with van der Waals surface area (Å²) in [7, 11) is 2.80. The van der Waals surface area contributed by atoms with Crippen molar-refractivity contribution in [3.8, 4) is 5.75 Å². The Hall–Kier alpha value is -2.86. The Labute approximate surface area is 173 Å². The third-order valence-electron chi connectivity index (χ3n) is 4.97. The lowest BCUT2D eigenvalue weighted by Gasteiger charge is -2.23. The number of ether oxygens (including phenoxy) is 2. The van der Waals surface area contributed by atoms with Crippen LogP contribution in [0, 0.1) is 11.7 Å². The zero-order valence-corrected chi connectivity index (χ0v) is 16.8. The van der Waals surface area contributed by atoms with Crippen LogP contribution in [0.4, 0.5) is 4.39 Å². The van der Waals surface area contributed by atoms with E-state index in [4.69, 9.17) is 21.1 Å². The molecule has 1 N–H and O–H groups in total. The van der Waals surface area contributed by atoms with Gasteiger partial charge in [-0.1, -0.05) is 42.0 Å². The number of rotatable bonds is 6. The maximum atomic E-state index is 13.4. The van der Waals surface area contributed by atoms with Crippen molar-refractivity contribution in [3.63, 3.8) is 0 Å². The number of amides is 1. The Morgan fingerprint density at radius 3 is 2.62 bits per heavy atom. The lowest BCUT2D eigenvalue weighted by molar-refractivity contribution is -0.143. The van der Waals surface area contributed by atoms with Crippen LogP contribution in [-0.4, -0.2) is 32.1 Å². The van der Waals surface area contributed by atoms with Gasteiger partial charge in [-0.15, -0.1) is 0 Å². The molecule has 29 heavy (non-hydrogen) atoms. The van der Waals surface area contributed by atoms with Gasteiger partial charge in [0.2, 0.25) is 0 Å². The lowest BCUT2D eigenvalue weighted by Crippen LogP contribution is -2.34. The standard InChI is InChI=1S/C22H21ClFNO4/c1-28-19-6-4-3-5-17(19)21(26)25-15-9-7-13(11-15)20(22(27)29-2)16-10-8-14(24)12-18(16)23/h3-10,12-13,15,20H,11H2,1-2H3,(H,25,26)/t13-,15-,20-/m0/s1. The maximum absolute atomic E-state index is 13.4. The van der Waals surface area contributed by atoms with Crippen molar-refractivity contribution in [2.45, 2.75) is 18.4 Å². The number of methoxy groups -OCH3 is 2. The van der Waals surface area contributed by atoms with E-state index >= 15 is 0 Å². The highest BCUT2D eigenvalue weighted by Crippen LogP contribution is 2.37. The molecule has 0 fully saturated rings. The van der Waals surface area contributed by atoms with Crippen molar-refractivity contribution in [3.05, 3.63) is 76.6 Å². The molecule has 1 aliphatic carbocycles. The highest BCUT2D eigenvalue weighted by molar-refractivity contribution is 6.31. The molecular formula is C22H21ClFNO4. The van der Waals surface area contributed by atoms with E-state index in [1.165, 1.54) is 32.4 Å². The molecule has 0 aliphatic heterocycles. The smallest absolute Gasteiger partial charge is 0.313 e. The van der Waals surface area contributed by atoms with Crippen molar-refractivity contribution < 1.29 is 23.5 Å². The zero-order chi connectivity index (χ0) is 21.0. The molecule has 0 bridgehead atoms. The molecule has 0 spiro atoms. The number of esters is 1. The van der Waals surface area contributed by atoms with Crippen molar-refractivity contribution >= 4 is 23.5 Å². The number of carbonyl (C=O) groups excluding carboxylic acids is 2. The van der Waals surface area contributed by atoms with E-state index in [1.54, 1.807) is 24.3 Å². The molecule has 2 aromatic rings. The van der Waals surface area contributed by atoms with E-state index in [9.17, 15) is 14.0 Å². The number of halogens is 2. The highest BCUT2D eigenvalue weighted by atomic mass is 35.5. The molecule has 2 aromatic carbocycles. The van der Waals surface area contributed by atoms with Crippen molar-refractivity contribution in [2.24, 2.45) is 5.92 Å². The topological polar surface area (TPSA) is 64.6 Å². The number of benzene rings is 2. The fourth-order valence-electron chi connectivity index (χ4n) is 3.57. The molecule has 3 rings (SSSR count). The van der Waals surface area contributed by atoms with Crippen LogP contribution in [0.3, 0.4) is 0 Å². The second kappa shape index (κ2) is 9.09. The third kappa shape index (κ3) is 4.59. The lowest BCUT2D eigenvalue weighted by atomic mass is 9.85. The van der Waals surface area contributed by atoms with Crippen molar-refractivity contribution in [1.29, 1.82) is 0 Å². The molecular weight excluding hydrogens is 397 g/mol. The fraction of sp³-hybridized carbons (Fsp3) is 0.273. The minimum absolute atomic E-state index is 0.162. The molecule has 0 aromatic heterocycles. The van der Waals surface area contributed by atoms with Crippen LogP contribution >= 0.6 is 11.6 Å². The number of nitrogens with one attached hydrogen (secondary N) is 1. The first-order valence-corrected chi connectivity index (χ1v) is 9.47. The summed E-state index contributed by atoms with van der Waals surface area (Å²) in [6.45, 7) is 0. The van der Waals surface area contributed by atoms with Gasteiger partial charge in [-0.2, -0.15) is 0 Å². The second-order valence-corrected chi connectivity index (χ2v) is 7.14. The Morgan fingerprint density at radius 1 is 1.17 bits per heavy atom. The first-order valence-electron chi connectivity index (χ1n) is 9.09. The Morgan fingerprint density at radius 2 is 1.93 bits per heavy atom. The molecule has 0 unspecified atom stereocenters. The summed E-state index contributed by atoms with van der Waals surface area (Å²) in [5.74, 6) is -1.69. The molecule has 0 heterocycles. The van der Waals surface area contributed by atoms with Crippen LogP contribution in [0.15, 0.2) is 54.6 Å². The van der Waals surface area contributed by atoms with Gasteiger partial charge in [0, 0.05) is 11.1 Å². The second-order valence-electron chi connectivity index (χ2n) is 6.73. The Balaban J connectivity index is 1.76. The monoisotopic (exact) mass is 417 g/mol. The van der Waals surface area contributed by atoms with Crippen LogP contribution < -0.4 is 10.1 Å². The Bertz CT molecular complexity index is 946. The molecule has 0 radical (unpaired) electrons. The summed E-state index contributed by atoms with van der Waals surface area (Å²) in [5.41, 5.74) is 0.921. The molecule has 0 saturated carbocycles. The quantitative estimate of drug-likeness (QED) is 0.567. The SMILES string of the molecule is COC(=O)[C@H](c1ccc(F)cc1Cl)[C@H]1C=C[C@H](NC(=O)c2ccccc2OC)C1. The van der Waals surface area contributed by atoms with Gasteiger partial charge >= 0.3 is 5.97 Å². The van der Waals surface area contributed by atoms with Gasteiger partial charge in [0.25, 0.3) is 5.91 Å². The van der Waals surface area contributed by atoms with Gasteiger partial charge < -0.3 is 14.8 Å². The van der Waals surface area contributed by atoms with Gasteiger partial charge in [0.15, 0.2) is 0 Å². The Kier molecular flexibility index (Phi) is 6.54. The van der Waals surface area contributed by atoms with Crippen LogP contribution in [0.1, 0.15) is 28.3 Å². The number of hydrogen-bond donors (Lipinski definition) is 1. The number of allylic oxidation sites excluding steroid dienone is 1. The summed E-state index contributed by atoms with van der Waals surface area (Å²) in [6, 6.07) is 10.6. The predicted molar refractivity (Wildman–Crippen MR) is 108 cm³/mol. The van der Waals surface area contributed by atoms with E-state index in [0.29, 0.717) is 23.3 Å². The van der Waals surface area contributed by atoms with E-state index in [2.05, 4.69) is 5.32 Å². The van der Waals surface area contributed by atoms with Crippen LogP contribution in [0.5, 0.6) is 5.75 Å². The average Bonchev–Trinajstić information content (AvgIpc) is 3.17. The summed E-state index contributed by atoms with van der Waals surface area (Å²) < 4.78 is 23.6. The average molecular weight is 418 g/mol. The molecule has 7 heteroatoms. The maximum Gasteiger partial charge on any atom is 0.313 e. The number of carbonyl (C=O) groups is 2. The number of hydrogen-bond acceptors (Lipinski definition) is 4. The molecule has 152 valence electrons. The predicted octanol–water partition coefficient (Wildman–Crippen LogP) is 4.12. The summed E-state index contributed by atoms with van der Waals surface area (Å²) in [6.07, 6.45) is 4.17. The zero-order valence-electron chi connectivity index (χ0n) is 16.0. The van der Waals surface area contributed by atoms with Crippen LogP contribution in [0.25, 0.3) is 0 Å². The minimum Gasteiger partial charge on any atom is -0.496 e. The van der Waals surface area contributed by atoms with E-state index in [1.807, 2.05) is 12.2 Å². The van der Waals surface area contributed by atoms with E-state index in [0.717, 1.165) is 0 Å². The first-order chi connectivity index (χ1) is 13.9. The minimum atomic E-state index is -0.697. The van der Waals surface area contributed by atoms with Gasteiger partial charge in [0.1, 0.15) is 11.6 Å². The van der Waals surface area contributed by atoms with Crippen molar-refractivity contribution in [2.75, 3.05) is 14.2 Å². The fourth-order valence-corrected chi connectivity index (χ4v) is 3.86. The van der Waals surface area contributed by atoms with Gasteiger partial charge in [0.05, 0.1) is 25.7 Å². The molecule has 0 saturated heterocycles. The molecule has 3 atom stereocenters. The van der Waals surface area contributed by atoms with Crippen molar-refractivity contribution in [1.82, 2.24) is 5.32 Å². The molecule has 1 aliphatic rings. The van der Waals surface area contributed by atoms with E-state index < -0.39 is 17.7 Å². The summed E-state index contributed by atoms with van der Waals surface area (Å²) in [4.78, 5) is 25.1. The van der Waals surface area contributed by atoms with Gasteiger partial charge in [-0.3, -0.25) is 9.59 Å². The summed E-state index contributed by atoms with van der Waals surface area (Å²) >= 11 is 6.18. The molecule has 5 nitrogen and oxygen atoms in total. The van der Waals surface area contributed by atoms with Crippen LogP contribution in [0.2, 0.25) is 5.02 Å². The van der Waals surface area contributed by atoms with Crippen LogP contribution in [-0.2, 0) is 9.53 Å². The first kappa shape index (κ1) is 20.9.